The Morgan fingerprint density at radius 2 is 2.16 bits per heavy atom. The number of carbonyl (C=O) groups excluding carboxylic acids is 1. The normalized spacial score (nSPS) is 16.9. The number of hydrogen-bond donors (Lipinski definition) is 1. The van der Waals surface area contributed by atoms with E-state index in [1.807, 2.05) is 24.3 Å². The van der Waals surface area contributed by atoms with Crippen LogP contribution in [-0.4, -0.2) is 40.4 Å². The summed E-state index contributed by atoms with van der Waals surface area (Å²) in [5.74, 6) is 1.42. The molecule has 0 saturated carbocycles. The summed E-state index contributed by atoms with van der Waals surface area (Å²) in [7, 11) is 1.67. The summed E-state index contributed by atoms with van der Waals surface area (Å²) in [6, 6.07) is 5.42. The number of pyridine rings is 1. The van der Waals surface area contributed by atoms with Gasteiger partial charge in [-0.15, -0.1) is 11.3 Å². The average Bonchev–Trinajstić information content (AvgIpc) is 3.27. The van der Waals surface area contributed by atoms with Gasteiger partial charge in [0.25, 0.3) is 5.56 Å². The predicted octanol–water partition coefficient (Wildman–Crippen LogP) is 3.80. The molecule has 4 rings (SSSR count). The molecule has 8 heteroatoms. The molecule has 1 saturated heterocycles. The third-order valence-electron chi connectivity index (χ3n) is 5.82. The van der Waals surface area contributed by atoms with Gasteiger partial charge in [0.05, 0.1) is 5.69 Å². The van der Waals surface area contributed by atoms with Crippen molar-refractivity contribution in [1.29, 1.82) is 0 Å². The molecule has 0 aliphatic carbocycles. The Hall–Kier alpha value is -3.00. The maximum absolute atomic E-state index is 12.7. The highest BCUT2D eigenvalue weighted by Gasteiger charge is 2.23. The highest BCUT2D eigenvalue weighted by atomic mass is 32.1. The summed E-state index contributed by atoms with van der Waals surface area (Å²) in [6.07, 6.45) is 8.27. The maximum Gasteiger partial charge on any atom is 0.259 e. The highest BCUT2D eigenvalue weighted by Crippen LogP contribution is 2.24. The molecule has 168 valence electrons. The Morgan fingerprint density at radius 3 is 2.91 bits per heavy atom. The monoisotopic (exact) mass is 451 g/mol. The van der Waals surface area contributed by atoms with Crippen LogP contribution in [0.15, 0.2) is 34.6 Å². The number of hydrogen-bond acceptors (Lipinski definition) is 6. The largest absolute Gasteiger partial charge is 0.359 e. The smallest absolute Gasteiger partial charge is 0.259 e. The summed E-state index contributed by atoms with van der Waals surface area (Å²) >= 11 is 1.63. The van der Waals surface area contributed by atoms with Gasteiger partial charge in [0.15, 0.2) is 0 Å². The fourth-order valence-electron chi connectivity index (χ4n) is 3.99. The number of carbonyl (C=O) groups is 1. The highest BCUT2D eigenvalue weighted by molar-refractivity contribution is 7.10. The van der Waals surface area contributed by atoms with Crippen LogP contribution in [0.2, 0.25) is 0 Å². The van der Waals surface area contributed by atoms with Gasteiger partial charge in [0, 0.05) is 44.2 Å². The number of rotatable bonds is 6. The molecule has 0 radical (unpaired) electrons. The lowest BCUT2D eigenvalue weighted by Crippen LogP contribution is -2.38. The van der Waals surface area contributed by atoms with Crippen molar-refractivity contribution < 1.29 is 4.79 Å². The molecule has 1 unspecified atom stereocenters. The van der Waals surface area contributed by atoms with Gasteiger partial charge < -0.3 is 10.2 Å². The molecule has 32 heavy (non-hydrogen) atoms. The zero-order chi connectivity index (χ0) is 22.7. The van der Waals surface area contributed by atoms with Crippen molar-refractivity contribution in [2.75, 3.05) is 25.0 Å². The molecule has 7 nitrogen and oxygen atoms in total. The van der Waals surface area contributed by atoms with Crippen LogP contribution in [0.5, 0.6) is 0 Å². The van der Waals surface area contributed by atoms with Crippen LogP contribution in [0.1, 0.15) is 55.3 Å². The van der Waals surface area contributed by atoms with E-state index >= 15 is 0 Å². The molecular weight excluding hydrogens is 422 g/mol. The molecule has 0 aromatic carbocycles. The molecule has 1 amide bonds. The quantitative estimate of drug-likeness (QED) is 0.617. The van der Waals surface area contributed by atoms with Gasteiger partial charge >= 0.3 is 0 Å². The van der Waals surface area contributed by atoms with Crippen LogP contribution in [0.3, 0.4) is 0 Å². The molecule has 3 aromatic heterocycles. The van der Waals surface area contributed by atoms with Crippen molar-refractivity contribution in [2.45, 2.75) is 39.0 Å². The Balaban J connectivity index is 1.57. The Morgan fingerprint density at radius 1 is 1.31 bits per heavy atom. The molecule has 1 N–H and O–H groups in total. The molecular formula is C24H29N5O2S. The summed E-state index contributed by atoms with van der Waals surface area (Å²) < 4.78 is 1.56. The van der Waals surface area contributed by atoms with Crippen LogP contribution >= 0.6 is 11.3 Å². The molecule has 1 aliphatic rings. The van der Waals surface area contributed by atoms with Crippen molar-refractivity contribution in [3.8, 4) is 0 Å². The van der Waals surface area contributed by atoms with Crippen molar-refractivity contribution in [3.63, 3.8) is 0 Å². The molecule has 0 spiro atoms. The number of anilines is 1. The van der Waals surface area contributed by atoms with E-state index in [0.29, 0.717) is 23.8 Å². The van der Waals surface area contributed by atoms with E-state index in [9.17, 15) is 9.59 Å². The molecule has 1 atom stereocenters. The van der Waals surface area contributed by atoms with E-state index in [4.69, 9.17) is 4.98 Å². The zero-order valence-corrected chi connectivity index (χ0v) is 19.6. The lowest BCUT2D eigenvalue weighted by Gasteiger charge is -2.33. The maximum atomic E-state index is 12.7. The predicted molar refractivity (Wildman–Crippen MR) is 130 cm³/mol. The number of fused-ring (bicyclic) bond motifs is 1. The minimum absolute atomic E-state index is 0.0561. The molecule has 4 heterocycles. The first-order valence-corrected chi connectivity index (χ1v) is 11.9. The Bertz CT molecular complexity index is 1200. The van der Waals surface area contributed by atoms with Crippen molar-refractivity contribution in [3.05, 3.63) is 56.4 Å². The number of aromatic nitrogens is 3. The SMILES string of the molecule is CNC(=O)CC1CCCN(c2cc(=O)n3ccc(/C=C/c4nc(C(C)C)cs4)cc3n2)C1. The van der Waals surface area contributed by atoms with Gasteiger partial charge in [-0.1, -0.05) is 19.9 Å². The fraction of sp³-hybridized carbons (Fsp3) is 0.417. The van der Waals surface area contributed by atoms with Crippen molar-refractivity contribution in [2.24, 2.45) is 5.92 Å². The summed E-state index contributed by atoms with van der Waals surface area (Å²) in [6.45, 7) is 5.85. The number of nitrogens with zero attached hydrogens (tertiary/aromatic N) is 4. The molecule has 3 aromatic rings. The van der Waals surface area contributed by atoms with E-state index in [2.05, 4.69) is 34.4 Å². The van der Waals surface area contributed by atoms with Gasteiger partial charge in [0.2, 0.25) is 5.91 Å². The third-order valence-corrected chi connectivity index (χ3v) is 6.65. The second-order valence-electron chi connectivity index (χ2n) is 8.57. The topological polar surface area (TPSA) is 79.6 Å². The van der Waals surface area contributed by atoms with Crippen LogP contribution in [-0.2, 0) is 4.79 Å². The third kappa shape index (κ3) is 5.07. The van der Waals surface area contributed by atoms with E-state index in [1.165, 1.54) is 0 Å². The van der Waals surface area contributed by atoms with Gasteiger partial charge in [-0.05, 0) is 48.4 Å². The number of nitrogens with one attached hydrogen (secondary N) is 1. The van der Waals surface area contributed by atoms with Gasteiger partial charge in [0.1, 0.15) is 16.5 Å². The van der Waals surface area contributed by atoms with E-state index < -0.39 is 0 Å². The van der Waals surface area contributed by atoms with Crippen LogP contribution < -0.4 is 15.8 Å². The average molecular weight is 452 g/mol. The molecule has 0 bridgehead atoms. The lowest BCUT2D eigenvalue weighted by molar-refractivity contribution is -0.121. The molecule has 1 aliphatic heterocycles. The summed E-state index contributed by atoms with van der Waals surface area (Å²) in [5.41, 5.74) is 2.58. The van der Waals surface area contributed by atoms with Gasteiger partial charge in [-0.3, -0.25) is 14.0 Å². The van der Waals surface area contributed by atoms with Crippen LogP contribution in [0.25, 0.3) is 17.8 Å². The van der Waals surface area contributed by atoms with Crippen molar-refractivity contribution in [1.82, 2.24) is 19.7 Å². The van der Waals surface area contributed by atoms with Gasteiger partial charge in [-0.25, -0.2) is 9.97 Å². The fourth-order valence-corrected chi connectivity index (χ4v) is 4.86. The number of amides is 1. The first-order chi connectivity index (χ1) is 15.4. The van der Waals surface area contributed by atoms with Crippen molar-refractivity contribution >= 4 is 40.9 Å². The van der Waals surface area contributed by atoms with E-state index in [0.717, 1.165) is 42.2 Å². The Kier molecular flexibility index (Phi) is 6.69. The summed E-state index contributed by atoms with van der Waals surface area (Å²) in [5, 5.41) is 5.75. The second kappa shape index (κ2) is 9.65. The van der Waals surface area contributed by atoms with E-state index in [-0.39, 0.29) is 17.4 Å². The van der Waals surface area contributed by atoms with E-state index in [1.54, 1.807) is 35.0 Å². The first kappa shape index (κ1) is 22.2. The molecule has 1 fully saturated rings. The second-order valence-corrected chi connectivity index (χ2v) is 9.46. The van der Waals surface area contributed by atoms with Gasteiger partial charge in [-0.2, -0.15) is 0 Å². The minimum atomic E-state index is -0.101. The summed E-state index contributed by atoms with van der Waals surface area (Å²) in [4.78, 5) is 36.0. The number of thiazole rings is 1. The van der Waals surface area contributed by atoms with Crippen LogP contribution in [0.4, 0.5) is 5.82 Å². The number of piperidine rings is 1. The zero-order valence-electron chi connectivity index (χ0n) is 18.7. The first-order valence-electron chi connectivity index (χ1n) is 11.1. The Labute approximate surface area is 191 Å². The van der Waals surface area contributed by atoms with Crippen LogP contribution in [0, 0.1) is 5.92 Å². The minimum Gasteiger partial charge on any atom is -0.359 e. The standard InChI is InChI=1S/C24H29N5O2S/c1-16(2)19-15-32-23(26-19)7-6-17-8-10-29-21(11-17)27-20(13-24(29)31)28-9-4-5-18(14-28)12-22(30)25-3/h6-8,10-11,13,15-16,18H,4-5,9,12,14H2,1-3H3,(H,25,30)/b7-6+. The lowest BCUT2D eigenvalue weighted by atomic mass is 9.94.